The molecule has 0 aliphatic carbocycles. The first-order chi connectivity index (χ1) is 13.1. The molecule has 0 atom stereocenters. The second kappa shape index (κ2) is 5.96. The molecule has 4 aromatic rings. The van der Waals surface area contributed by atoms with Crippen LogP contribution in [0.3, 0.4) is 0 Å². The zero-order valence-corrected chi connectivity index (χ0v) is 15.2. The van der Waals surface area contributed by atoms with E-state index in [4.69, 9.17) is 16.0 Å². The minimum Gasteiger partial charge on any atom is -0.507 e. The summed E-state index contributed by atoms with van der Waals surface area (Å²) in [5.74, 6) is 0.0954. The van der Waals surface area contributed by atoms with Gasteiger partial charge in [0.25, 0.3) is 0 Å². The van der Waals surface area contributed by atoms with E-state index in [-0.39, 0.29) is 5.75 Å². The molecule has 0 saturated heterocycles. The van der Waals surface area contributed by atoms with Gasteiger partial charge in [0.2, 0.25) is 5.65 Å². The number of hydrogen-bond donors (Lipinski definition) is 1. The van der Waals surface area contributed by atoms with Crippen molar-refractivity contribution in [1.82, 2.24) is 15.0 Å². The number of halogens is 1. The van der Waals surface area contributed by atoms with Crippen molar-refractivity contribution in [2.75, 3.05) is 4.90 Å². The van der Waals surface area contributed by atoms with Crippen LogP contribution in [-0.2, 0) is 13.1 Å². The number of aromatic nitrogens is 3. The minimum absolute atomic E-state index is 0.0954. The van der Waals surface area contributed by atoms with Crippen LogP contribution in [0, 0.1) is 6.92 Å². The van der Waals surface area contributed by atoms with Crippen LogP contribution in [0.4, 0.5) is 6.01 Å². The van der Waals surface area contributed by atoms with E-state index in [0.717, 1.165) is 12.1 Å². The van der Waals surface area contributed by atoms with E-state index in [1.807, 2.05) is 31.3 Å². The molecule has 0 bridgehead atoms. The van der Waals surface area contributed by atoms with Gasteiger partial charge in [-0.1, -0.05) is 11.6 Å². The average molecular weight is 379 g/mol. The first-order valence-electron chi connectivity index (χ1n) is 8.52. The first-order valence-corrected chi connectivity index (χ1v) is 8.90. The van der Waals surface area contributed by atoms with Crippen LogP contribution in [-0.4, -0.2) is 20.1 Å². The van der Waals surface area contributed by atoms with Gasteiger partial charge >= 0.3 is 6.01 Å². The summed E-state index contributed by atoms with van der Waals surface area (Å²) < 4.78 is 5.90. The highest BCUT2D eigenvalue weighted by atomic mass is 35.5. The Kier molecular flexibility index (Phi) is 3.55. The molecule has 6 nitrogen and oxygen atoms in total. The number of oxazole rings is 1. The fourth-order valence-electron chi connectivity index (χ4n) is 3.50. The highest BCUT2D eigenvalue weighted by Gasteiger charge is 2.24. The summed E-state index contributed by atoms with van der Waals surface area (Å²) in [5, 5.41) is 10.8. The van der Waals surface area contributed by atoms with Gasteiger partial charge in [0.15, 0.2) is 5.58 Å². The lowest BCUT2D eigenvalue weighted by atomic mass is 10.0. The maximum absolute atomic E-state index is 10.3. The van der Waals surface area contributed by atoms with Gasteiger partial charge in [0, 0.05) is 36.1 Å². The molecule has 27 heavy (non-hydrogen) atoms. The number of benzene rings is 1. The highest BCUT2D eigenvalue weighted by Crippen LogP contribution is 2.35. The predicted molar refractivity (Wildman–Crippen MR) is 103 cm³/mol. The van der Waals surface area contributed by atoms with Gasteiger partial charge in [0.05, 0.1) is 5.69 Å². The van der Waals surface area contributed by atoms with E-state index in [2.05, 4.69) is 19.9 Å². The largest absolute Gasteiger partial charge is 0.507 e. The zero-order valence-electron chi connectivity index (χ0n) is 14.5. The molecule has 0 saturated carbocycles. The lowest BCUT2D eigenvalue weighted by Crippen LogP contribution is -2.14. The standard InChI is InChI=1S/C20H15ClN4O2/c1-11-6-14(21)7-16(26)18(11)15-2-3-17-19(23-15)24-20(27-17)25-9-12-4-5-22-8-13(12)10-25/h2-8,26H,9-10H2,1H3. The Morgan fingerprint density at radius 2 is 1.96 bits per heavy atom. The lowest BCUT2D eigenvalue weighted by molar-refractivity contribution is 0.477. The molecule has 1 N–H and O–H groups in total. The molecule has 1 aliphatic rings. The van der Waals surface area contributed by atoms with Crippen LogP contribution in [0.2, 0.25) is 5.02 Å². The molecule has 1 aromatic carbocycles. The Bertz CT molecular complexity index is 1140. The number of phenols is 1. The Hall–Kier alpha value is -3.12. The van der Waals surface area contributed by atoms with Gasteiger partial charge < -0.3 is 14.4 Å². The molecular weight excluding hydrogens is 364 g/mol. The predicted octanol–water partition coefficient (Wildman–Crippen LogP) is 4.47. The summed E-state index contributed by atoms with van der Waals surface area (Å²) in [4.78, 5) is 15.4. The first kappa shape index (κ1) is 16.1. The normalized spacial score (nSPS) is 13.3. The van der Waals surface area contributed by atoms with Crippen LogP contribution in [0.25, 0.3) is 22.5 Å². The molecule has 3 aromatic heterocycles. The molecule has 0 amide bonds. The van der Waals surface area contributed by atoms with Crippen LogP contribution in [0.15, 0.2) is 47.1 Å². The summed E-state index contributed by atoms with van der Waals surface area (Å²) in [6, 6.07) is 9.50. The summed E-state index contributed by atoms with van der Waals surface area (Å²) in [6.45, 7) is 3.32. The van der Waals surface area contributed by atoms with Crippen LogP contribution >= 0.6 is 11.6 Å². The number of fused-ring (bicyclic) bond motifs is 2. The number of aryl methyl sites for hydroxylation is 1. The molecule has 5 rings (SSSR count). The molecular formula is C20H15ClN4O2. The van der Waals surface area contributed by atoms with E-state index in [0.29, 0.717) is 40.1 Å². The van der Waals surface area contributed by atoms with Crippen molar-refractivity contribution in [2.45, 2.75) is 20.0 Å². The third-order valence-electron chi connectivity index (χ3n) is 4.78. The Labute approximate surface area is 160 Å². The van der Waals surface area contributed by atoms with E-state index in [9.17, 15) is 5.11 Å². The molecule has 0 fully saturated rings. The van der Waals surface area contributed by atoms with E-state index < -0.39 is 0 Å². The summed E-state index contributed by atoms with van der Waals surface area (Å²) in [6.07, 6.45) is 3.67. The third-order valence-corrected chi connectivity index (χ3v) is 4.99. The van der Waals surface area contributed by atoms with Crippen LogP contribution in [0.1, 0.15) is 16.7 Å². The van der Waals surface area contributed by atoms with Crippen molar-refractivity contribution >= 4 is 28.8 Å². The molecule has 0 unspecified atom stereocenters. The molecule has 0 spiro atoms. The van der Waals surface area contributed by atoms with Gasteiger partial charge in [-0.3, -0.25) is 4.98 Å². The van der Waals surface area contributed by atoms with Crippen LogP contribution < -0.4 is 4.90 Å². The quantitative estimate of drug-likeness (QED) is 0.554. The fourth-order valence-corrected chi connectivity index (χ4v) is 3.76. The topological polar surface area (TPSA) is 75.3 Å². The summed E-state index contributed by atoms with van der Waals surface area (Å²) in [7, 11) is 0. The van der Waals surface area contributed by atoms with E-state index in [1.54, 1.807) is 12.3 Å². The molecule has 1 aliphatic heterocycles. The number of phenolic OH excluding ortho intramolecular Hbond substituents is 1. The Balaban J connectivity index is 1.53. The SMILES string of the molecule is Cc1cc(Cl)cc(O)c1-c1ccc2oc(N3Cc4ccncc4C3)nc2n1. The number of pyridine rings is 2. The van der Waals surface area contributed by atoms with Crippen molar-refractivity contribution in [3.05, 3.63) is 64.4 Å². The number of nitrogens with zero attached hydrogens (tertiary/aromatic N) is 4. The van der Waals surface area contributed by atoms with Crippen LogP contribution in [0.5, 0.6) is 5.75 Å². The minimum atomic E-state index is 0.0954. The van der Waals surface area contributed by atoms with Crippen molar-refractivity contribution in [1.29, 1.82) is 0 Å². The Morgan fingerprint density at radius 3 is 2.78 bits per heavy atom. The number of aromatic hydroxyl groups is 1. The highest BCUT2D eigenvalue weighted by molar-refractivity contribution is 6.31. The summed E-state index contributed by atoms with van der Waals surface area (Å²) >= 11 is 6.00. The second-order valence-corrected chi connectivity index (χ2v) is 7.07. The molecule has 4 heterocycles. The van der Waals surface area contributed by atoms with E-state index in [1.165, 1.54) is 17.2 Å². The number of anilines is 1. The average Bonchev–Trinajstić information content (AvgIpc) is 3.24. The molecule has 7 heteroatoms. The van der Waals surface area contributed by atoms with Crippen molar-refractivity contribution in [3.63, 3.8) is 0 Å². The monoisotopic (exact) mass is 378 g/mol. The van der Waals surface area contributed by atoms with Gasteiger partial charge in [-0.15, -0.1) is 0 Å². The maximum Gasteiger partial charge on any atom is 0.300 e. The molecule has 134 valence electrons. The molecule has 0 radical (unpaired) electrons. The smallest absolute Gasteiger partial charge is 0.300 e. The fraction of sp³-hybridized carbons (Fsp3) is 0.150. The van der Waals surface area contributed by atoms with Gasteiger partial charge in [-0.2, -0.15) is 4.98 Å². The third kappa shape index (κ3) is 2.69. The van der Waals surface area contributed by atoms with E-state index >= 15 is 0 Å². The zero-order chi connectivity index (χ0) is 18.5. The van der Waals surface area contributed by atoms with Gasteiger partial charge in [-0.25, -0.2) is 4.98 Å². The Morgan fingerprint density at radius 1 is 1.11 bits per heavy atom. The van der Waals surface area contributed by atoms with Gasteiger partial charge in [-0.05, 0) is 53.9 Å². The number of hydrogen-bond acceptors (Lipinski definition) is 6. The number of rotatable bonds is 2. The van der Waals surface area contributed by atoms with Crippen molar-refractivity contribution in [3.8, 4) is 17.0 Å². The maximum atomic E-state index is 10.3. The summed E-state index contributed by atoms with van der Waals surface area (Å²) in [5.41, 5.74) is 5.63. The van der Waals surface area contributed by atoms with Crippen molar-refractivity contribution in [2.24, 2.45) is 0 Å². The second-order valence-electron chi connectivity index (χ2n) is 6.63. The van der Waals surface area contributed by atoms with Gasteiger partial charge in [0.1, 0.15) is 5.75 Å². The lowest BCUT2D eigenvalue weighted by Gasteiger charge is -2.10. The van der Waals surface area contributed by atoms with Crippen molar-refractivity contribution < 1.29 is 9.52 Å².